The van der Waals surface area contributed by atoms with Crippen molar-refractivity contribution in [3.05, 3.63) is 333 Å². The smallest absolute Gasteiger partial charge is 0.252 e. The van der Waals surface area contributed by atoms with Gasteiger partial charge in [0.2, 0.25) is 0 Å². The van der Waals surface area contributed by atoms with E-state index in [4.69, 9.17) is 0 Å². The van der Waals surface area contributed by atoms with Crippen LogP contribution in [-0.2, 0) is 6.42 Å². The molecule has 0 saturated heterocycles. The van der Waals surface area contributed by atoms with Crippen LogP contribution in [0.15, 0.2) is 322 Å². The van der Waals surface area contributed by atoms with E-state index in [2.05, 4.69) is 343 Å². The Morgan fingerprint density at radius 3 is 1.31 bits per heavy atom. The monoisotopic (exact) mass is 1220 g/mol. The molecular formula is C91H72BN3. The van der Waals surface area contributed by atoms with Crippen molar-refractivity contribution < 1.29 is 0 Å². The first-order valence-electron chi connectivity index (χ1n) is 34.2. The third kappa shape index (κ3) is 10.4. The summed E-state index contributed by atoms with van der Waals surface area (Å²) in [7, 11) is 0. The van der Waals surface area contributed by atoms with E-state index in [9.17, 15) is 0 Å². The summed E-state index contributed by atoms with van der Waals surface area (Å²) in [5.74, 6) is 0. The molecule has 0 spiro atoms. The lowest BCUT2D eigenvalue weighted by Gasteiger charge is -2.46. The molecule has 4 heteroatoms. The van der Waals surface area contributed by atoms with Crippen molar-refractivity contribution >= 4 is 84.6 Å². The molecule has 17 rings (SSSR count). The lowest BCUT2D eigenvalue weighted by Crippen LogP contribution is -2.61. The van der Waals surface area contributed by atoms with Gasteiger partial charge in [0.1, 0.15) is 0 Å². The summed E-state index contributed by atoms with van der Waals surface area (Å²) >= 11 is 0. The number of para-hydroxylation sites is 2. The van der Waals surface area contributed by atoms with Crippen LogP contribution in [0.2, 0.25) is 0 Å². The van der Waals surface area contributed by atoms with Gasteiger partial charge in [-0.15, -0.1) is 0 Å². The second-order valence-corrected chi connectivity index (χ2v) is 25.9. The van der Waals surface area contributed by atoms with Crippen molar-refractivity contribution in [3.63, 3.8) is 0 Å². The van der Waals surface area contributed by atoms with Gasteiger partial charge in [-0.2, -0.15) is 0 Å². The van der Waals surface area contributed by atoms with Crippen LogP contribution in [0.1, 0.15) is 63.0 Å². The Morgan fingerprint density at radius 1 is 0.337 bits per heavy atom. The van der Waals surface area contributed by atoms with Crippen LogP contribution in [0, 0.1) is 0 Å². The van der Waals surface area contributed by atoms with E-state index in [0.717, 1.165) is 53.9 Å². The number of aromatic nitrogens is 1. The van der Waals surface area contributed by atoms with Crippen LogP contribution in [0.5, 0.6) is 0 Å². The van der Waals surface area contributed by atoms with Crippen molar-refractivity contribution in [2.75, 3.05) is 9.80 Å². The van der Waals surface area contributed by atoms with Crippen molar-refractivity contribution in [2.45, 2.75) is 58.3 Å². The molecule has 0 radical (unpaired) electrons. The minimum Gasteiger partial charge on any atom is -0.310 e. The lowest BCUT2D eigenvalue weighted by molar-refractivity contribution is 0.632. The number of unbranched alkanes of at least 4 members (excludes halogenated alkanes) is 4. The maximum Gasteiger partial charge on any atom is 0.252 e. The highest BCUT2D eigenvalue weighted by molar-refractivity contribution is 7.00. The predicted molar refractivity (Wildman–Crippen MR) is 406 cm³/mol. The van der Waals surface area contributed by atoms with Crippen LogP contribution in [0.3, 0.4) is 0 Å². The molecule has 3 nitrogen and oxygen atoms in total. The van der Waals surface area contributed by atoms with Gasteiger partial charge >= 0.3 is 0 Å². The number of anilines is 6. The number of aryl methyl sites for hydroxylation is 1. The van der Waals surface area contributed by atoms with Crippen molar-refractivity contribution in [3.8, 4) is 72.4 Å². The standard InChI is InChI=1S/C91H72BN3/c1-2-3-4-5-13-32-63-55-87-89-88(56-63)95(91-79(69-43-24-11-25-44-69)59-73(66-37-18-8-19-38-66)60-80(91)70-45-26-12-27-46-70)86-62-74(93-83-49-30-28-47-75(83)76-48-29-31-50-84(76)93)52-53-81(86)92(89)82-61-71(64-33-14-6-15-34-64)51-54-85(82)94(87)90-77(67-39-20-9-21-40-67)57-72(65-35-16-7-17-36-65)58-78(90)68-41-22-10-23-42-68/h6-7,9-12,14-18,20-31,33-62H,2-5,8,13,19,32H2,1H3. The first-order valence-corrected chi connectivity index (χ1v) is 34.2. The van der Waals surface area contributed by atoms with Gasteiger partial charge < -0.3 is 14.4 Å². The summed E-state index contributed by atoms with van der Waals surface area (Å²) in [6.07, 6.45) is 16.0. The molecule has 1 aliphatic carbocycles. The van der Waals surface area contributed by atoms with E-state index >= 15 is 0 Å². The van der Waals surface area contributed by atoms with Gasteiger partial charge in [0.05, 0.1) is 22.4 Å². The highest BCUT2D eigenvalue weighted by atomic mass is 15.2. The topological polar surface area (TPSA) is 11.4 Å². The van der Waals surface area contributed by atoms with Crippen LogP contribution in [-0.4, -0.2) is 11.3 Å². The number of nitrogens with zero attached hydrogens (tertiary/aromatic N) is 3. The maximum absolute atomic E-state index is 2.75. The summed E-state index contributed by atoms with van der Waals surface area (Å²) in [5.41, 5.74) is 32.3. The Kier molecular flexibility index (Phi) is 15.2. The first-order chi connectivity index (χ1) is 47.1. The Balaban J connectivity index is 1.04. The van der Waals surface area contributed by atoms with Crippen molar-refractivity contribution in [2.24, 2.45) is 0 Å². The summed E-state index contributed by atoms with van der Waals surface area (Å²) in [5, 5.41) is 2.49. The van der Waals surface area contributed by atoms with E-state index in [1.165, 1.54) is 159 Å². The van der Waals surface area contributed by atoms with Crippen LogP contribution < -0.4 is 26.2 Å². The van der Waals surface area contributed by atoms with Gasteiger partial charge in [-0.3, -0.25) is 0 Å². The summed E-state index contributed by atoms with van der Waals surface area (Å²) < 4.78 is 2.51. The normalized spacial score (nSPS) is 13.0. The predicted octanol–water partition coefficient (Wildman–Crippen LogP) is 23.1. The molecule has 95 heavy (non-hydrogen) atoms. The van der Waals surface area contributed by atoms with Crippen LogP contribution in [0.4, 0.5) is 34.1 Å². The van der Waals surface area contributed by atoms with Crippen LogP contribution in [0.25, 0.3) is 99.8 Å². The molecule has 3 aliphatic rings. The number of fused-ring (bicyclic) bond motifs is 7. The zero-order valence-corrected chi connectivity index (χ0v) is 53.7. The number of benzene rings is 13. The summed E-state index contributed by atoms with van der Waals surface area (Å²) in [6.45, 7) is 2.13. The fourth-order valence-corrected chi connectivity index (χ4v) is 15.6. The average molecular weight is 1220 g/mol. The fourth-order valence-electron chi connectivity index (χ4n) is 15.6. The molecule has 13 aromatic carbocycles. The maximum atomic E-state index is 2.75. The summed E-state index contributed by atoms with van der Waals surface area (Å²) in [6, 6.07) is 115. The third-order valence-electron chi connectivity index (χ3n) is 20.1. The average Bonchev–Trinajstić information content (AvgIpc) is 1.02. The molecule has 0 unspecified atom stereocenters. The molecule has 0 fully saturated rings. The number of rotatable bonds is 16. The third-order valence-corrected chi connectivity index (χ3v) is 20.1. The molecule has 2 aliphatic heterocycles. The molecule has 0 saturated carbocycles. The Hall–Kier alpha value is -11.2. The van der Waals surface area contributed by atoms with Gasteiger partial charge in [0.25, 0.3) is 6.71 Å². The van der Waals surface area contributed by atoms with E-state index in [0.29, 0.717) is 0 Å². The largest absolute Gasteiger partial charge is 0.310 e. The quantitative estimate of drug-likeness (QED) is 0.0706. The number of hydrogen-bond acceptors (Lipinski definition) is 2. The highest BCUT2D eigenvalue weighted by Crippen LogP contribution is 2.55. The van der Waals surface area contributed by atoms with E-state index in [1.54, 1.807) is 0 Å². The Morgan fingerprint density at radius 2 is 0.800 bits per heavy atom. The van der Waals surface area contributed by atoms with Crippen LogP contribution >= 0.6 is 0 Å². The van der Waals surface area contributed by atoms with Gasteiger partial charge in [0, 0.05) is 61.5 Å². The van der Waals surface area contributed by atoms with Gasteiger partial charge in [0.15, 0.2) is 0 Å². The first kappa shape index (κ1) is 57.7. The Bertz CT molecular complexity index is 5070. The highest BCUT2D eigenvalue weighted by Gasteiger charge is 2.46. The molecule has 454 valence electrons. The second-order valence-electron chi connectivity index (χ2n) is 25.9. The molecule has 3 heterocycles. The Labute approximate surface area is 559 Å². The molecule has 0 atom stereocenters. The number of allylic oxidation sites excluding steroid dienone is 4. The molecular weight excluding hydrogens is 1150 g/mol. The SMILES string of the molecule is CCCCCCCc1cc2c3c(c1)N(c1c(-c4ccccc4)cc(C4=CCCC=C4)cc1-c1ccccc1)c1cc(-n4c5ccccc5c5ccccc54)ccc1B3c1cc(-c3ccccc3)ccc1N2c1c(-c2ccccc2)cc(-c2ccccc2)cc1-c1ccccc1. The minimum absolute atomic E-state index is 0.187. The van der Waals surface area contributed by atoms with Gasteiger partial charge in [-0.05, 0) is 170 Å². The van der Waals surface area contributed by atoms with E-state index in [-0.39, 0.29) is 6.71 Å². The minimum atomic E-state index is -0.187. The molecule has 14 aromatic rings. The van der Waals surface area contributed by atoms with Gasteiger partial charge in [-0.1, -0.05) is 287 Å². The number of hydrogen-bond donors (Lipinski definition) is 0. The lowest BCUT2D eigenvalue weighted by atomic mass is 9.33. The fraction of sp³-hybridized carbons (Fsp3) is 0.0989. The molecule has 0 N–H and O–H groups in total. The van der Waals surface area contributed by atoms with Crippen molar-refractivity contribution in [1.29, 1.82) is 0 Å². The van der Waals surface area contributed by atoms with Gasteiger partial charge in [-0.25, -0.2) is 0 Å². The second kappa shape index (κ2) is 25.0. The zero-order valence-electron chi connectivity index (χ0n) is 53.7. The summed E-state index contributed by atoms with van der Waals surface area (Å²) in [4.78, 5) is 5.47. The molecule has 0 bridgehead atoms. The van der Waals surface area contributed by atoms with E-state index < -0.39 is 0 Å². The molecule has 1 aromatic heterocycles. The van der Waals surface area contributed by atoms with Crippen molar-refractivity contribution in [1.82, 2.24) is 4.57 Å². The zero-order chi connectivity index (χ0) is 63.2. The van der Waals surface area contributed by atoms with E-state index in [1.807, 2.05) is 0 Å². The molecule has 0 amide bonds.